The molecule has 3 aromatic rings. The number of rotatable bonds is 6. The van der Waals surface area contributed by atoms with Gasteiger partial charge < -0.3 is 10.1 Å². The van der Waals surface area contributed by atoms with E-state index >= 15 is 0 Å². The van der Waals surface area contributed by atoms with Gasteiger partial charge in [-0.3, -0.25) is 4.79 Å². The molecule has 1 atom stereocenters. The highest BCUT2D eigenvalue weighted by Gasteiger charge is 2.33. The molecule has 0 saturated carbocycles. The molecule has 0 saturated heterocycles. The minimum absolute atomic E-state index is 0.110. The number of anilines is 1. The zero-order valence-corrected chi connectivity index (χ0v) is 21.7. The van der Waals surface area contributed by atoms with Crippen molar-refractivity contribution >= 4 is 45.7 Å². The molecule has 6 heteroatoms. The minimum Gasteiger partial charge on any atom is -0.493 e. The molecule has 0 bridgehead atoms. The first-order valence-corrected chi connectivity index (χ1v) is 12.9. The third-order valence-electron chi connectivity index (χ3n) is 6.32. The first-order valence-electron chi connectivity index (χ1n) is 11.7. The number of nitrogens with one attached hydrogen (secondary N) is 1. The number of para-hydroxylation sites is 1. The van der Waals surface area contributed by atoms with Gasteiger partial charge in [-0.05, 0) is 73.4 Å². The molecule has 4 nitrogen and oxygen atoms in total. The van der Waals surface area contributed by atoms with Gasteiger partial charge in [0.25, 0.3) is 5.91 Å². The Morgan fingerprint density at radius 2 is 2.00 bits per heavy atom. The molecule has 1 aliphatic carbocycles. The first kappa shape index (κ1) is 24.5. The van der Waals surface area contributed by atoms with E-state index in [4.69, 9.17) is 21.3 Å². The van der Waals surface area contributed by atoms with Gasteiger partial charge in [0.05, 0.1) is 12.2 Å². The van der Waals surface area contributed by atoms with Crippen molar-refractivity contribution in [2.75, 3.05) is 11.9 Å². The number of benzene rings is 2. The van der Waals surface area contributed by atoms with E-state index in [-0.39, 0.29) is 11.3 Å². The van der Waals surface area contributed by atoms with Gasteiger partial charge in [-0.2, -0.15) is 0 Å². The number of ether oxygens (including phenoxy) is 1. The fraction of sp³-hybridized carbons (Fsp3) is 0.357. The van der Waals surface area contributed by atoms with Crippen LogP contribution in [-0.4, -0.2) is 18.7 Å². The highest BCUT2D eigenvalue weighted by molar-refractivity contribution is 7.16. The molecule has 1 aliphatic rings. The fourth-order valence-electron chi connectivity index (χ4n) is 4.39. The molecule has 1 aromatic heterocycles. The predicted molar refractivity (Wildman–Crippen MR) is 144 cm³/mol. The molecule has 0 spiro atoms. The van der Waals surface area contributed by atoms with Crippen LogP contribution in [0.3, 0.4) is 0 Å². The summed E-state index contributed by atoms with van der Waals surface area (Å²) in [7, 11) is 0. The van der Waals surface area contributed by atoms with Gasteiger partial charge >= 0.3 is 0 Å². The average molecular weight is 495 g/mol. The second kappa shape index (κ2) is 10.3. The largest absolute Gasteiger partial charge is 0.493 e. The van der Waals surface area contributed by atoms with Crippen LogP contribution in [0.15, 0.2) is 53.5 Å². The van der Waals surface area contributed by atoms with Crippen molar-refractivity contribution in [2.24, 2.45) is 16.3 Å². The molecule has 2 aromatic carbocycles. The van der Waals surface area contributed by atoms with Crippen LogP contribution in [0.4, 0.5) is 10.7 Å². The number of carbonyl (C=O) groups excluding carboxylic acids is 1. The molecule has 0 radical (unpaired) electrons. The van der Waals surface area contributed by atoms with E-state index in [1.54, 1.807) is 23.6 Å². The molecule has 0 aliphatic heterocycles. The molecule has 4 rings (SSSR count). The Morgan fingerprint density at radius 3 is 2.71 bits per heavy atom. The van der Waals surface area contributed by atoms with Gasteiger partial charge in [0.15, 0.2) is 0 Å². The Labute approximate surface area is 211 Å². The smallest absolute Gasteiger partial charge is 0.259 e. The number of aliphatic imine (C=N–C) groups is 1. The predicted octanol–water partition coefficient (Wildman–Crippen LogP) is 7.95. The number of carbonyl (C=O) groups is 1. The fourth-order valence-corrected chi connectivity index (χ4v) is 5.84. The van der Waals surface area contributed by atoms with Crippen LogP contribution in [0.1, 0.15) is 60.5 Å². The van der Waals surface area contributed by atoms with E-state index in [0.717, 1.165) is 46.8 Å². The van der Waals surface area contributed by atoms with Crippen LogP contribution in [0.2, 0.25) is 5.02 Å². The summed E-state index contributed by atoms with van der Waals surface area (Å²) in [5.74, 6) is 1.19. The highest BCUT2D eigenvalue weighted by Crippen LogP contribution is 2.45. The van der Waals surface area contributed by atoms with E-state index in [9.17, 15) is 4.79 Å². The number of halogens is 1. The van der Waals surface area contributed by atoms with Gasteiger partial charge in [0, 0.05) is 27.4 Å². The van der Waals surface area contributed by atoms with E-state index < -0.39 is 0 Å². The van der Waals surface area contributed by atoms with Crippen LogP contribution in [0.25, 0.3) is 0 Å². The molecule has 0 fully saturated rings. The molecular formula is C28H31ClN2O2S. The molecule has 0 unspecified atom stereocenters. The third kappa shape index (κ3) is 5.53. The zero-order chi connectivity index (χ0) is 24.3. The van der Waals surface area contributed by atoms with Crippen molar-refractivity contribution in [3.05, 3.63) is 75.1 Å². The third-order valence-corrected chi connectivity index (χ3v) is 7.72. The maximum atomic E-state index is 13.5. The maximum Gasteiger partial charge on any atom is 0.259 e. The van der Waals surface area contributed by atoms with E-state index in [2.05, 4.69) is 26.1 Å². The lowest BCUT2D eigenvalue weighted by Crippen LogP contribution is -2.27. The number of hydrogen-bond acceptors (Lipinski definition) is 4. The van der Waals surface area contributed by atoms with Crippen molar-refractivity contribution < 1.29 is 9.53 Å². The molecule has 34 heavy (non-hydrogen) atoms. The van der Waals surface area contributed by atoms with Gasteiger partial charge in [-0.15, -0.1) is 11.3 Å². The van der Waals surface area contributed by atoms with E-state index in [1.807, 2.05) is 49.4 Å². The van der Waals surface area contributed by atoms with Crippen LogP contribution < -0.4 is 10.1 Å². The summed E-state index contributed by atoms with van der Waals surface area (Å²) in [5, 5.41) is 4.41. The number of amides is 1. The number of fused-ring (bicyclic) bond motifs is 1. The lowest BCUT2D eigenvalue weighted by Gasteiger charge is -2.33. The average Bonchev–Trinajstić information content (AvgIpc) is 3.17. The van der Waals surface area contributed by atoms with Gasteiger partial charge in [0.2, 0.25) is 0 Å². The molecule has 1 amide bonds. The van der Waals surface area contributed by atoms with Crippen LogP contribution >= 0.6 is 22.9 Å². The summed E-state index contributed by atoms with van der Waals surface area (Å²) in [5.41, 5.74) is 3.63. The monoisotopic (exact) mass is 494 g/mol. The number of nitrogens with zero attached hydrogens (tertiary/aromatic N) is 1. The van der Waals surface area contributed by atoms with Gasteiger partial charge in [0.1, 0.15) is 10.8 Å². The van der Waals surface area contributed by atoms with E-state index in [1.165, 1.54) is 4.88 Å². The minimum atomic E-state index is -0.110. The quantitative estimate of drug-likeness (QED) is 0.353. The summed E-state index contributed by atoms with van der Waals surface area (Å²) in [4.78, 5) is 19.5. The van der Waals surface area contributed by atoms with Crippen molar-refractivity contribution in [2.45, 2.75) is 47.0 Å². The van der Waals surface area contributed by atoms with Crippen molar-refractivity contribution in [1.29, 1.82) is 0 Å². The van der Waals surface area contributed by atoms with Crippen molar-refractivity contribution in [3.8, 4) is 5.75 Å². The number of hydrogen-bond donors (Lipinski definition) is 1. The second-order valence-corrected chi connectivity index (χ2v) is 11.2. The van der Waals surface area contributed by atoms with Crippen molar-refractivity contribution in [1.82, 2.24) is 0 Å². The van der Waals surface area contributed by atoms with Crippen LogP contribution in [0, 0.1) is 11.3 Å². The Hall–Kier alpha value is -2.63. The lowest BCUT2D eigenvalue weighted by molar-refractivity contribution is 0.102. The zero-order valence-electron chi connectivity index (χ0n) is 20.2. The van der Waals surface area contributed by atoms with Crippen LogP contribution in [-0.2, 0) is 12.8 Å². The standard InChI is InChI=1S/C28H31ClN2O2S/c1-5-33-23-14-12-20(29)15-18(23)17-30-27-25(26(32)31-21-9-7-6-8-10-21)22-13-11-19(28(2,3)4)16-24(22)34-27/h6-10,12,14-15,17,19H,5,11,13,16H2,1-4H3,(H,31,32)/t19-/m1/s1. The topological polar surface area (TPSA) is 50.7 Å². The second-order valence-electron chi connectivity index (χ2n) is 9.68. The van der Waals surface area contributed by atoms with Crippen molar-refractivity contribution in [3.63, 3.8) is 0 Å². The number of thiophene rings is 1. The molecule has 1 N–H and O–H groups in total. The summed E-state index contributed by atoms with van der Waals surface area (Å²) >= 11 is 7.86. The Kier molecular flexibility index (Phi) is 7.44. The normalized spacial score (nSPS) is 15.9. The highest BCUT2D eigenvalue weighted by atomic mass is 35.5. The molecule has 178 valence electrons. The Bertz CT molecular complexity index is 1200. The van der Waals surface area contributed by atoms with Crippen LogP contribution in [0.5, 0.6) is 5.75 Å². The summed E-state index contributed by atoms with van der Waals surface area (Å²) in [6.45, 7) is 9.39. The Balaban J connectivity index is 1.73. The maximum absolute atomic E-state index is 13.5. The Morgan fingerprint density at radius 1 is 1.24 bits per heavy atom. The summed E-state index contributed by atoms with van der Waals surface area (Å²) in [6.07, 6.45) is 4.70. The van der Waals surface area contributed by atoms with Gasteiger partial charge in [-0.25, -0.2) is 4.99 Å². The lowest BCUT2D eigenvalue weighted by atomic mass is 9.72. The molecule has 1 heterocycles. The van der Waals surface area contributed by atoms with Gasteiger partial charge in [-0.1, -0.05) is 50.6 Å². The SMILES string of the molecule is CCOc1ccc(Cl)cc1C=Nc1sc2c(c1C(=O)Nc1ccccc1)CC[C@@H](C(C)(C)C)C2. The van der Waals surface area contributed by atoms with E-state index in [0.29, 0.717) is 23.1 Å². The molecular weight excluding hydrogens is 464 g/mol. The first-order chi connectivity index (χ1) is 16.3. The summed E-state index contributed by atoms with van der Waals surface area (Å²) in [6, 6.07) is 15.1. The summed E-state index contributed by atoms with van der Waals surface area (Å²) < 4.78 is 5.74.